The molecule has 0 aliphatic carbocycles. The largest absolute Gasteiger partial charge is 0.281 e. The van der Waals surface area contributed by atoms with E-state index in [9.17, 15) is 8.42 Å². The van der Waals surface area contributed by atoms with Gasteiger partial charge in [0, 0.05) is 17.3 Å². The highest BCUT2D eigenvalue weighted by molar-refractivity contribution is 7.92. The molecule has 0 spiro atoms. The van der Waals surface area contributed by atoms with Gasteiger partial charge in [-0.2, -0.15) is 8.42 Å². The topological polar surface area (TPSA) is 76.4 Å². The maximum Gasteiger partial charge on any atom is 0.281 e. The smallest absolute Gasteiger partial charge is 0.278 e. The molecule has 9 heteroatoms. The van der Waals surface area contributed by atoms with Crippen molar-refractivity contribution in [3.05, 3.63) is 40.3 Å². The summed E-state index contributed by atoms with van der Waals surface area (Å²) in [6.45, 7) is 3.58. The van der Waals surface area contributed by atoms with Crippen LogP contribution < -0.4 is 4.72 Å². The van der Waals surface area contributed by atoms with Gasteiger partial charge in [-0.25, -0.2) is 4.98 Å². The number of rotatable bonds is 3. The lowest BCUT2D eigenvalue weighted by Crippen LogP contribution is -2.16. The van der Waals surface area contributed by atoms with Crippen LogP contribution in [-0.4, -0.2) is 22.8 Å². The Morgan fingerprint density at radius 1 is 1.29 bits per heavy atom. The van der Waals surface area contributed by atoms with Gasteiger partial charge >= 0.3 is 0 Å². The lowest BCUT2D eigenvalue weighted by atomic mass is 10.3. The molecule has 21 heavy (non-hydrogen) atoms. The molecule has 3 aromatic rings. The summed E-state index contributed by atoms with van der Waals surface area (Å²) >= 11 is 7.28. The van der Waals surface area contributed by atoms with Crippen molar-refractivity contribution < 1.29 is 8.42 Å². The summed E-state index contributed by atoms with van der Waals surface area (Å²) < 4.78 is 29.1. The molecule has 0 unspecified atom stereocenters. The first-order valence-corrected chi connectivity index (χ1v) is 8.71. The summed E-state index contributed by atoms with van der Waals surface area (Å²) in [5.74, 6) is 0. The lowest BCUT2D eigenvalue weighted by molar-refractivity contribution is 0.596. The summed E-state index contributed by atoms with van der Waals surface area (Å²) in [6.07, 6.45) is 1.62. The van der Waals surface area contributed by atoms with Gasteiger partial charge in [-0.05, 0) is 26.0 Å². The molecular formula is C12H11ClN4O2S2. The molecule has 1 N–H and O–H groups in total. The van der Waals surface area contributed by atoms with Crippen LogP contribution in [0.15, 0.2) is 28.7 Å². The lowest BCUT2D eigenvalue weighted by Gasteiger charge is -2.10. The number of imidazole rings is 1. The van der Waals surface area contributed by atoms with Crippen molar-refractivity contribution in [2.24, 2.45) is 0 Å². The third-order valence-corrected chi connectivity index (χ3v) is 5.42. The Hall–Kier alpha value is -1.64. The summed E-state index contributed by atoms with van der Waals surface area (Å²) in [5, 5.41) is 1.63. The second kappa shape index (κ2) is 4.97. The monoisotopic (exact) mass is 342 g/mol. The maximum absolute atomic E-state index is 12.6. The zero-order valence-corrected chi connectivity index (χ0v) is 13.6. The number of fused-ring (bicyclic) bond motifs is 1. The number of hydrogen-bond donors (Lipinski definition) is 1. The fraction of sp³-hybridized carbons (Fsp3) is 0.167. The summed E-state index contributed by atoms with van der Waals surface area (Å²) in [5.41, 5.74) is 1.83. The van der Waals surface area contributed by atoms with E-state index >= 15 is 0 Å². The van der Waals surface area contributed by atoms with Crippen molar-refractivity contribution >= 4 is 43.6 Å². The van der Waals surface area contributed by atoms with E-state index in [1.54, 1.807) is 30.6 Å². The van der Waals surface area contributed by atoms with E-state index in [4.69, 9.17) is 11.6 Å². The molecular weight excluding hydrogens is 332 g/mol. The molecule has 0 amide bonds. The van der Waals surface area contributed by atoms with Gasteiger partial charge in [-0.15, -0.1) is 11.3 Å². The average Bonchev–Trinajstić information content (AvgIpc) is 2.91. The van der Waals surface area contributed by atoms with E-state index in [1.165, 1.54) is 15.7 Å². The zero-order valence-electron chi connectivity index (χ0n) is 11.2. The van der Waals surface area contributed by atoms with Crippen molar-refractivity contribution in [3.63, 3.8) is 0 Å². The van der Waals surface area contributed by atoms with Crippen LogP contribution in [0.2, 0.25) is 5.15 Å². The normalized spacial score (nSPS) is 12.0. The number of nitrogens with zero attached hydrogens (tertiary/aromatic N) is 3. The second-order valence-electron chi connectivity index (χ2n) is 4.45. The summed E-state index contributed by atoms with van der Waals surface area (Å²) in [4.78, 5) is 8.79. The molecule has 3 rings (SSSR count). The van der Waals surface area contributed by atoms with E-state index in [1.807, 2.05) is 6.92 Å². The number of sulfonamides is 1. The zero-order chi connectivity index (χ0) is 15.2. The number of anilines is 1. The van der Waals surface area contributed by atoms with Crippen LogP contribution in [0.25, 0.3) is 4.96 Å². The Labute approximate surface area is 130 Å². The molecule has 0 fully saturated rings. The molecule has 0 radical (unpaired) electrons. The summed E-state index contributed by atoms with van der Waals surface area (Å²) in [7, 11) is -3.85. The Morgan fingerprint density at radius 2 is 2.05 bits per heavy atom. The molecule has 0 saturated heterocycles. The fourth-order valence-corrected chi connectivity index (χ4v) is 4.54. The second-order valence-corrected chi connectivity index (χ2v) is 7.28. The molecule has 3 heterocycles. The quantitative estimate of drug-likeness (QED) is 0.794. The maximum atomic E-state index is 12.6. The van der Waals surface area contributed by atoms with E-state index in [0.29, 0.717) is 16.3 Å². The van der Waals surface area contributed by atoms with Crippen LogP contribution in [0.1, 0.15) is 11.4 Å². The molecule has 0 atom stereocenters. The highest BCUT2D eigenvalue weighted by Gasteiger charge is 2.25. The van der Waals surface area contributed by atoms with Gasteiger partial charge in [0.15, 0.2) is 15.1 Å². The van der Waals surface area contributed by atoms with E-state index in [2.05, 4.69) is 14.7 Å². The van der Waals surface area contributed by atoms with Crippen LogP contribution >= 0.6 is 22.9 Å². The Morgan fingerprint density at radius 3 is 2.76 bits per heavy atom. The van der Waals surface area contributed by atoms with Crippen LogP contribution in [0.4, 0.5) is 5.69 Å². The first kappa shape index (κ1) is 14.3. The van der Waals surface area contributed by atoms with Crippen molar-refractivity contribution in [2.75, 3.05) is 4.72 Å². The van der Waals surface area contributed by atoms with Gasteiger partial charge in [-0.1, -0.05) is 11.6 Å². The average molecular weight is 343 g/mol. The number of thiazole rings is 1. The number of nitrogens with one attached hydrogen (secondary N) is 1. The van der Waals surface area contributed by atoms with Crippen molar-refractivity contribution in [1.82, 2.24) is 14.4 Å². The Bertz CT molecular complexity index is 930. The minimum absolute atomic E-state index is 0.0490. The van der Waals surface area contributed by atoms with Crippen molar-refractivity contribution in [1.29, 1.82) is 0 Å². The third-order valence-electron chi connectivity index (χ3n) is 2.90. The van der Waals surface area contributed by atoms with E-state index in [0.717, 1.165) is 5.69 Å². The molecule has 0 aliphatic heterocycles. The highest BCUT2D eigenvalue weighted by Crippen LogP contribution is 2.27. The van der Waals surface area contributed by atoms with E-state index < -0.39 is 10.0 Å². The SMILES string of the molecule is Cc1ccc(NS(=O)(=O)c2c(Cl)nc3sccn23)c(C)n1. The number of aromatic nitrogens is 3. The predicted molar refractivity (Wildman–Crippen MR) is 82.6 cm³/mol. The number of aryl methyl sites for hydroxylation is 2. The molecule has 6 nitrogen and oxygen atoms in total. The predicted octanol–water partition coefficient (Wildman–Crippen LogP) is 2.86. The molecule has 0 aliphatic rings. The Kier molecular flexibility index (Phi) is 3.39. The number of hydrogen-bond acceptors (Lipinski definition) is 5. The van der Waals surface area contributed by atoms with Crippen molar-refractivity contribution in [3.8, 4) is 0 Å². The minimum atomic E-state index is -3.85. The van der Waals surface area contributed by atoms with E-state index in [-0.39, 0.29) is 10.2 Å². The number of halogens is 1. The molecule has 3 aromatic heterocycles. The molecule has 0 saturated carbocycles. The van der Waals surface area contributed by atoms with Crippen LogP contribution in [0.3, 0.4) is 0 Å². The molecule has 0 bridgehead atoms. The Balaban J connectivity index is 2.08. The van der Waals surface area contributed by atoms with Gasteiger partial charge in [-0.3, -0.25) is 14.1 Å². The minimum Gasteiger partial charge on any atom is -0.278 e. The van der Waals surface area contributed by atoms with Gasteiger partial charge < -0.3 is 0 Å². The third kappa shape index (κ3) is 2.50. The highest BCUT2D eigenvalue weighted by atomic mass is 35.5. The molecule has 0 aromatic carbocycles. The van der Waals surface area contributed by atoms with Gasteiger partial charge in [0.2, 0.25) is 0 Å². The first-order valence-electron chi connectivity index (χ1n) is 5.96. The first-order chi connectivity index (χ1) is 9.88. The standard InChI is InChI=1S/C12H11ClN4O2S2/c1-7-3-4-9(8(2)14-7)16-21(18,19)11-10(13)15-12-17(11)5-6-20-12/h3-6,16H,1-2H3. The molecule has 110 valence electrons. The van der Waals surface area contributed by atoms with Crippen LogP contribution in [0, 0.1) is 13.8 Å². The van der Waals surface area contributed by atoms with Crippen LogP contribution in [0.5, 0.6) is 0 Å². The fourth-order valence-electron chi connectivity index (χ4n) is 1.97. The van der Waals surface area contributed by atoms with Gasteiger partial charge in [0.1, 0.15) is 0 Å². The van der Waals surface area contributed by atoms with Gasteiger partial charge in [0.05, 0.1) is 11.4 Å². The van der Waals surface area contributed by atoms with Crippen molar-refractivity contribution in [2.45, 2.75) is 18.9 Å². The number of pyridine rings is 1. The van der Waals surface area contributed by atoms with Gasteiger partial charge in [0.25, 0.3) is 10.0 Å². The summed E-state index contributed by atoms with van der Waals surface area (Å²) in [6, 6.07) is 3.41. The van der Waals surface area contributed by atoms with Crippen LogP contribution in [-0.2, 0) is 10.0 Å².